The molecule has 4 heteroatoms. The van der Waals surface area contributed by atoms with Crippen LogP contribution in [0, 0.1) is 5.92 Å². The molecule has 2 aliphatic rings. The average Bonchev–Trinajstić information content (AvgIpc) is 2.38. The fourth-order valence-corrected chi connectivity index (χ4v) is 3.49. The maximum Gasteiger partial charge on any atom is 0.219 e. The van der Waals surface area contributed by atoms with E-state index in [0.717, 1.165) is 38.4 Å². The van der Waals surface area contributed by atoms with E-state index in [1.165, 1.54) is 19.4 Å². The van der Waals surface area contributed by atoms with Gasteiger partial charge in [0.1, 0.15) is 0 Å². The topological polar surface area (TPSA) is 49.6 Å². The van der Waals surface area contributed by atoms with E-state index in [4.69, 9.17) is 5.73 Å². The summed E-state index contributed by atoms with van der Waals surface area (Å²) in [6.07, 6.45) is 4.77. The molecule has 104 valence electrons. The monoisotopic (exact) mass is 253 g/mol. The number of piperidine rings is 2. The first kappa shape index (κ1) is 13.8. The number of amides is 1. The first-order chi connectivity index (χ1) is 8.61. The summed E-state index contributed by atoms with van der Waals surface area (Å²) in [5.74, 6) is 1.03. The van der Waals surface area contributed by atoms with E-state index < -0.39 is 0 Å². The molecule has 0 saturated carbocycles. The smallest absolute Gasteiger partial charge is 0.219 e. The zero-order valence-corrected chi connectivity index (χ0v) is 11.8. The Morgan fingerprint density at radius 1 is 1.22 bits per heavy atom. The molecule has 0 bridgehead atoms. The molecular formula is C14H27N3O. The molecule has 2 saturated heterocycles. The summed E-state index contributed by atoms with van der Waals surface area (Å²) in [4.78, 5) is 15.9. The molecule has 0 aromatic carbocycles. The van der Waals surface area contributed by atoms with E-state index in [-0.39, 0.29) is 5.91 Å². The first-order valence-electron chi connectivity index (χ1n) is 7.33. The third kappa shape index (κ3) is 3.04. The average molecular weight is 253 g/mol. The van der Waals surface area contributed by atoms with E-state index in [1.807, 2.05) is 4.90 Å². The van der Waals surface area contributed by atoms with Crippen molar-refractivity contribution < 1.29 is 4.79 Å². The van der Waals surface area contributed by atoms with Crippen LogP contribution >= 0.6 is 0 Å². The lowest BCUT2D eigenvalue weighted by molar-refractivity contribution is -0.130. The van der Waals surface area contributed by atoms with Gasteiger partial charge in [0.05, 0.1) is 0 Å². The summed E-state index contributed by atoms with van der Waals surface area (Å²) in [7, 11) is 0. The number of likely N-dealkylation sites (tertiary alicyclic amines) is 2. The number of carbonyl (C=O) groups excluding carboxylic acids is 1. The Hall–Kier alpha value is -0.610. The highest BCUT2D eigenvalue weighted by Gasteiger charge is 2.32. The van der Waals surface area contributed by atoms with Crippen LogP contribution in [0.2, 0.25) is 0 Å². The molecule has 18 heavy (non-hydrogen) atoms. The Morgan fingerprint density at radius 3 is 2.44 bits per heavy atom. The lowest BCUT2D eigenvalue weighted by Gasteiger charge is -2.45. The van der Waals surface area contributed by atoms with Crippen LogP contribution in [0.4, 0.5) is 0 Å². The highest BCUT2D eigenvalue weighted by atomic mass is 16.2. The quantitative estimate of drug-likeness (QED) is 0.800. The van der Waals surface area contributed by atoms with Crippen molar-refractivity contribution >= 4 is 5.91 Å². The second kappa shape index (κ2) is 6.02. The summed E-state index contributed by atoms with van der Waals surface area (Å²) in [6, 6.07) is 1.20. The molecule has 0 aromatic heterocycles. The lowest BCUT2D eigenvalue weighted by atomic mass is 9.89. The summed E-state index contributed by atoms with van der Waals surface area (Å²) < 4.78 is 0. The van der Waals surface area contributed by atoms with Gasteiger partial charge in [0.15, 0.2) is 0 Å². The molecule has 2 rings (SSSR count). The predicted molar refractivity (Wildman–Crippen MR) is 73.2 cm³/mol. The van der Waals surface area contributed by atoms with Gasteiger partial charge in [0.2, 0.25) is 5.91 Å². The summed E-state index contributed by atoms with van der Waals surface area (Å²) in [5.41, 5.74) is 5.93. The predicted octanol–water partition coefficient (Wildman–Crippen LogP) is 1.06. The lowest BCUT2D eigenvalue weighted by Crippen LogP contribution is -2.54. The van der Waals surface area contributed by atoms with Crippen molar-refractivity contribution in [2.45, 2.75) is 51.6 Å². The SMILES string of the molecule is CC(=O)N1CCC(N2CCC(C)CC2CN)CC1. The molecule has 0 aliphatic carbocycles. The van der Waals surface area contributed by atoms with Gasteiger partial charge in [-0.2, -0.15) is 0 Å². The van der Waals surface area contributed by atoms with Gasteiger partial charge in [-0.15, -0.1) is 0 Å². The van der Waals surface area contributed by atoms with Crippen molar-refractivity contribution in [2.75, 3.05) is 26.2 Å². The van der Waals surface area contributed by atoms with Crippen molar-refractivity contribution in [1.82, 2.24) is 9.80 Å². The van der Waals surface area contributed by atoms with Crippen molar-refractivity contribution in [3.8, 4) is 0 Å². The number of rotatable bonds is 2. The van der Waals surface area contributed by atoms with Gasteiger partial charge in [-0.3, -0.25) is 9.69 Å². The number of hydrogen-bond donors (Lipinski definition) is 1. The van der Waals surface area contributed by atoms with Crippen molar-refractivity contribution in [3.05, 3.63) is 0 Å². The summed E-state index contributed by atoms with van der Waals surface area (Å²) in [6.45, 7) is 7.81. The van der Waals surface area contributed by atoms with Crippen LogP contribution in [0.25, 0.3) is 0 Å². The van der Waals surface area contributed by atoms with E-state index in [1.54, 1.807) is 6.92 Å². The summed E-state index contributed by atoms with van der Waals surface area (Å²) in [5, 5.41) is 0. The van der Waals surface area contributed by atoms with Crippen LogP contribution < -0.4 is 5.73 Å². The molecule has 1 amide bonds. The van der Waals surface area contributed by atoms with Crippen LogP contribution in [0.1, 0.15) is 39.5 Å². The Labute approximate surface area is 110 Å². The van der Waals surface area contributed by atoms with Gasteiger partial charge < -0.3 is 10.6 Å². The maximum absolute atomic E-state index is 11.3. The molecule has 2 N–H and O–H groups in total. The molecule has 2 unspecified atom stereocenters. The number of nitrogens with zero attached hydrogens (tertiary/aromatic N) is 2. The van der Waals surface area contributed by atoms with E-state index in [9.17, 15) is 4.79 Å². The molecule has 4 nitrogen and oxygen atoms in total. The maximum atomic E-state index is 11.3. The van der Waals surface area contributed by atoms with Crippen LogP contribution in [0.3, 0.4) is 0 Å². The normalized spacial score (nSPS) is 31.6. The van der Waals surface area contributed by atoms with Crippen molar-refractivity contribution in [1.29, 1.82) is 0 Å². The van der Waals surface area contributed by atoms with E-state index in [0.29, 0.717) is 12.1 Å². The Kier molecular flexibility index (Phi) is 4.62. The second-order valence-electron chi connectivity index (χ2n) is 5.99. The fraction of sp³-hybridized carbons (Fsp3) is 0.929. The standard InChI is InChI=1S/C14H27N3O/c1-11-3-8-17(14(9-11)10-15)13-4-6-16(7-5-13)12(2)18/h11,13-14H,3-10,15H2,1-2H3. The largest absolute Gasteiger partial charge is 0.343 e. The van der Waals surface area contributed by atoms with Gasteiger partial charge in [0.25, 0.3) is 0 Å². The fourth-order valence-electron chi connectivity index (χ4n) is 3.49. The zero-order chi connectivity index (χ0) is 13.1. The highest BCUT2D eigenvalue weighted by Crippen LogP contribution is 2.27. The third-order valence-electron chi connectivity index (χ3n) is 4.67. The first-order valence-corrected chi connectivity index (χ1v) is 7.33. The molecule has 0 aromatic rings. The molecule has 0 radical (unpaired) electrons. The Bertz CT molecular complexity index is 287. The van der Waals surface area contributed by atoms with Crippen molar-refractivity contribution in [3.63, 3.8) is 0 Å². The van der Waals surface area contributed by atoms with Crippen LogP contribution in [0.15, 0.2) is 0 Å². The number of hydrogen-bond acceptors (Lipinski definition) is 3. The second-order valence-corrected chi connectivity index (χ2v) is 5.99. The zero-order valence-electron chi connectivity index (χ0n) is 11.8. The molecule has 2 atom stereocenters. The van der Waals surface area contributed by atoms with Gasteiger partial charge in [-0.25, -0.2) is 0 Å². The van der Waals surface area contributed by atoms with Crippen molar-refractivity contribution in [2.24, 2.45) is 11.7 Å². The minimum atomic E-state index is 0.219. The Morgan fingerprint density at radius 2 is 1.89 bits per heavy atom. The number of carbonyl (C=O) groups is 1. The molecule has 2 heterocycles. The minimum Gasteiger partial charge on any atom is -0.343 e. The van der Waals surface area contributed by atoms with Crippen LogP contribution in [-0.2, 0) is 4.79 Å². The molecule has 2 fully saturated rings. The number of nitrogens with two attached hydrogens (primary N) is 1. The van der Waals surface area contributed by atoms with E-state index >= 15 is 0 Å². The van der Waals surface area contributed by atoms with E-state index in [2.05, 4.69) is 11.8 Å². The molecule has 0 spiro atoms. The molecular weight excluding hydrogens is 226 g/mol. The summed E-state index contributed by atoms with van der Waals surface area (Å²) >= 11 is 0. The van der Waals surface area contributed by atoms with Crippen LogP contribution in [-0.4, -0.2) is 54.0 Å². The van der Waals surface area contributed by atoms with Crippen LogP contribution in [0.5, 0.6) is 0 Å². The van der Waals surface area contributed by atoms with Gasteiger partial charge in [0, 0.05) is 38.6 Å². The minimum absolute atomic E-state index is 0.219. The Balaban J connectivity index is 1.90. The highest BCUT2D eigenvalue weighted by molar-refractivity contribution is 5.73. The van der Waals surface area contributed by atoms with Gasteiger partial charge in [-0.05, 0) is 38.1 Å². The van der Waals surface area contributed by atoms with Gasteiger partial charge in [-0.1, -0.05) is 6.92 Å². The molecule has 2 aliphatic heterocycles. The van der Waals surface area contributed by atoms with Gasteiger partial charge >= 0.3 is 0 Å². The third-order valence-corrected chi connectivity index (χ3v) is 4.67.